The molecule has 9 nitrogen and oxygen atoms in total. The van der Waals surface area contributed by atoms with Crippen LogP contribution in [0.1, 0.15) is 69.9 Å². The molecule has 3 aromatic rings. The zero-order chi connectivity index (χ0) is 27.2. The number of nitrogens with one attached hydrogen (secondary N) is 1. The Bertz CT molecular complexity index is 1380. The van der Waals surface area contributed by atoms with Gasteiger partial charge in [-0.15, -0.1) is 10.2 Å². The van der Waals surface area contributed by atoms with E-state index in [0.29, 0.717) is 18.1 Å². The molecule has 2 aliphatic heterocycles. The number of carbonyl (C=O) groups is 1. The van der Waals surface area contributed by atoms with E-state index in [4.69, 9.17) is 19.0 Å². The molecule has 0 spiro atoms. The van der Waals surface area contributed by atoms with Gasteiger partial charge in [0.15, 0.2) is 5.82 Å². The Morgan fingerprint density at radius 1 is 1.08 bits per heavy atom. The molecule has 3 heterocycles. The van der Waals surface area contributed by atoms with E-state index in [0.717, 1.165) is 33.8 Å². The highest BCUT2D eigenvalue weighted by Crippen LogP contribution is 2.37. The van der Waals surface area contributed by atoms with E-state index in [2.05, 4.69) is 15.5 Å². The van der Waals surface area contributed by atoms with Crippen molar-refractivity contribution in [3.8, 4) is 11.4 Å². The number of methoxy groups -OCH3 is 1. The van der Waals surface area contributed by atoms with Crippen LogP contribution in [-0.4, -0.2) is 58.4 Å². The number of ether oxygens (including phenoxy) is 1. The first-order chi connectivity index (χ1) is 18.0. The van der Waals surface area contributed by atoms with Gasteiger partial charge < -0.3 is 19.4 Å². The fraction of sp³-hybridized carbons (Fsp3) is 0.429. The van der Waals surface area contributed by atoms with Crippen LogP contribution in [0.4, 0.5) is 0 Å². The van der Waals surface area contributed by atoms with Crippen molar-refractivity contribution in [1.29, 1.82) is 0 Å². The van der Waals surface area contributed by atoms with Crippen LogP contribution in [0.15, 0.2) is 47.5 Å². The SMILES string of the molecule is CCNC(=O)C[C@@H]1N=C(c2ccc(B3OC(C)(C)C(C)(C)O3)cc2)c2cc(OC)ccc2-n2c(C)nnc21. The Labute approximate surface area is 223 Å². The summed E-state index contributed by atoms with van der Waals surface area (Å²) in [5.41, 5.74) is 3.49. The Morgan fingerprint density at radius 2 is 1.76 bits per heavy atom. The Hall–Kier alpha value is -3.50. The van der Waals surface area contributed by atoms with Crippen molar-refractivity contribution in [2.45, 2.75) is 65.2 Å². The zero-order valence-electron chi connectivity index (χ0n) is 23.0. The molecular formula is C28H34BN5O4. The predicted octanol–water partition coefficient (Wildman–Crippen LogP) is 3.30. The van der Waals surface area contributed by atoms with Gasteiger partial charge in [0.05, 0.1) is 36.1 Å². The van der Waals surface area contributed by atoms with E-state index in [1.54, 1.807) is 7.11 Å². The van der Waals surface area contributed by atoms with Crippen LogP contribution in [0, 0.1) is 6.92 Å². The van der Waals surface area contributed by atoms with E-state index < -0.39 is 24.4 Å². The lowest BCUT2D eigenvalue weighted by Gasteiger charge is -2.32. The number of hydrogen-bond donors (Lipinski definition) is 1. The second-order valence-electron chi connectivity index (χ2n) is 10.7. The van der Waals surface area contributed by atoms with Crippen molar-refractivity contribution in [2.24, 2.45) is 4.99 Å². The summed E-state index contributed by atoms with van der Waals surface area (Å²) in [5.74, 6) is 1.97. The second kappa shape index (κ2) is 9.67. The van der Waals surface area contributed by atoms with Gasteiger partial charge in [0.25, 0.3) is 0 Å². The number of aromatic nitrogens is 3. The van der Waals surface area contributed by atoms with Crippen molar-refractivity contribution in [2.75, 3.05) is 13.7 Å². The van der Waals surface area contributed by atoms with Gasteiger partial charge in [-0.3, -0.25) is 14.4 Å². The van der Waals surface area contributed by atoms with Gasteiger partial charge >= 0.3 is 7.12 Å². The number of benzene rings is 2. The number of aryl methyl sites for hydroxylation is 1. The molecule has 0 radical (unpaired) electrons. The number of nitrogens with zero attached hydrogens (tertiary/aromatic N) is 4. The molecule has 1 saturated heterocycles. The van der Waals surface area contributed by atoms with Gasteiger partial charge in [-0.25, -0.2) is 0 Å². The lowest BCUT2D eigenvalue weighted by Crippen LogP contribution is -2.41. The third-order valence-electron chi connectivity index (χ3n) is 7.59. The lowest BCUT2D eigenvalue weighted by atomic mass is 9.78. The Balaban J connectivity index is 1.60. The zero-order valence-corrected chi connectivity index (χ0v) is 23.0. The normalized spacial score (nSPS) is 19.3. The molecule has 0 unspecified atom stereocenters. The minimum absolute atomic E-state index is 0.0903. The van der Waals surface area contributed by atoms with Gasteiger partial charge in [-0.1, -0.05) is 24.3 Å². The average molecular weight is 515 g/mol. The van der Waals surface area contributed by atoms with Gasteiger partial charge in [-0.05, 0) is 65.2 Å². The first-order valence-electron chi connectivity index (χ1n) is 13.0. The molecule has 38 heavy (non-hydrogen) atoms. The van der Waals surface area contributed by atoms with E-state index in [-0.39, 0.29) is 12.3 Å². The van der Waals surface area contributed by atoms with Crippen molar-refractivity contribution in [3.05, 3.63) is 65.2 Å². The van der Waals surface area contributed by atoms with Crippen molar-refractivity contribution >= 4 is 24.2 Å². The van der Waals surface area contributed by atoms with E-state index >= 15 is 0 Å². The molecule has 0 saturated carbocycles. The van der Waals surface area contributed by atoms with Crippen LogP contribution in [-0.2, 0) is 14.1 Å². The largest absolute Gasteiger partial charge is 0.497 e. The first-order valence-corrected chi connectivity index (χ1v) is 13.0. The van der Waals surface area contributed by atoms with Gasteiger partial charge in [0, 0.05) is 17.7 Å². The third kappa shape index (κ3) is 4.52. The molecule has 1 fully saturated rings. The summed E-state index contributed by atoms with van der Waals surface area (Å²) < 4.78 is 20.0. The highest BCUT2D eigenvalue weighted by Gasteiger charge is 2.51. The van der Waals surface area contributed by atoms with Crippen LogP contribution < -0.4 is 15.5 Å². The first kappa shape index (κ1) is 26.1. The molecule has 0 bridgehead atoms. The van der Waals surface area contributed by atoms with Crippen LogP contribution in [0.3, 0.4) is 0 Å². The molecule has 1 N–H and O–H groups in total. The maximum atomic E-state index is 12.7. The standard InChI is InChI=1S/C28H34BN5O4/c1-8-30-24(35)16-22-26-33-32-17(2)34(26)23-14-13-20(36-7)15-21(23)25(31-22)18-9-11-19(12-10-18)29-37-27(3,4)28(5,6)38-29/h9-15,22H,8,16H2,1-7H3,(H,30,35)/t22-/m0/s1. The minimum atomic E-state index is -0.515. The summed E-state index contributed by atoms with van der Waals surface area (Å²) in [6, 6.07) is 13.4. The molecular weight excluding hydrogens is 481 g/mol. The van der Waals surface area contributed by atoms with Crippen molar-refractivity contribution < 1.29 is 18.8 Å². The predicted molar refractivity (Wildman–Crippen MR) is 146 cm³/mol. The van der Waals surface area contributed by atoms with E-state index in [9.17, 15) is 4.79 Å². The number of aliphatic imine (C=N–C) groups is 1. The van der Waals surface area contributed by atoms with Crippen molar-refractivity contribution in [1.82, 2.24) is 20.1 Å². The molecule has 2 aromatic carbocycles. The number of hydrogen-bond acceptors (Lipinski definition) is 7. The topological polar surface area (TPSA) is 99.9 Å². The van der Waals surface area contributed by atoms with Gasteiger partial charge in [0.2, 0.25) is 5.91 Å². The van der Waals surface area contributed by atoms with Crippen LogP contribution in [0.2, 0.25) is 0 Å². The number of rotatable bonds is 6. The fourth-order valence-corrected chi connectivity index (χ4v) is 4.79. The maximum absolute atomic E-state index is 12.7. The second-order valence-corrected chi connectivity index (χ2v) is 10.7. The quantitative estimate of drug-likeness (QED) is 0.506. The molecule has 5 rings (SSSR count). The van der Waals surface area contributed by atoms with E-state index in [1.165, 1.54) is 0 Å². The summed E-state index contributed by atoms with van der Waals surface area (Å²) in [4.78, 5) is 17.8. The third-order valence-corrected chi connectivity index (χ3v) is 7.59. The summed E-state index contributed by atoms with van der Waals surface area (Å²) in [6.07, 6.45) is 0.159. The van der Waals surface area contributed by atoms with Crippen LogP contribution in [0.5, 0.6) is 5.75 Å². The molecule has 1 aromatic heterocycles. The van der Waals surface area contributed by atoms with Crippen molar-refractivity contribution in [3.63, 3.8) is 0 Å². The van der Waals surface area contributed by atoms with Gasteiger partial charge in [-0.2, -0.15) is 0 Å². The Kier molecular flexibility index (Phi) is 6.65. The molecule has 2 aliphatic rings. The number of amides is 1. The molecule has 198 valence electrons. The Morgan fingerprint density at radius 3 is 2.39 bits per heavy atom. The number of fused-ring (bicyclic) bond motifs is 3. The van der Waals surface area contributed by atoms with Gasteiger partial charge in [0.1, 0.15) is 17.6 Å². The van der Waals surface area contributed by atoms with Crippen LogP contribution >= 0.6 is 0 Å². The highest BCUT2D eigenvalue weighted by molar-refractivity contribution is 6.62. The molecule has 1 amide bonds. The number of carbonyl (C=O) groups excluding carboxylic acids is 1. The lowest BCUT2D eigenvalue weighted by molar-refractivity contribution is -0.121. The monoisotopic (exact) mass is 515 g/mol. The highest BCUT2D eigenvalue weighted by atomic mass is 16.7. The summed E-state index contributed by atoms with van der Waals surface area (Å²) in [7, 11) is 1.18. The molecule has 1 atom stereocenters. The maximum Gasteiger partial charge on any atom is 0.494 e. The average Bonchev–Trinajstić information content (AvgIpc) is 3.31. The molecule has 10 heteroatoms. The fourth-order valence-electron chi connectivity index (χ4n) is 4.79. The van der Waals surface area contributed by atoms with E-state index in [1.807, 2.05) is 88.6 Å². The summed E-state index contributed by atoms with van der Waals surface area (Å²) in [6.45, 7) is 12.5. The van der Waals surface area contributed by atoms with Crippen LogP contribution in [0.25, 0.3) is 5.69 Å². The summed E-state index contributed by atoms with van der Waals surface area (Å²) in [5, 5.41) is 11.6. The summed E-state index contributed by atoms with van der Waals surface area (Å²) >= 11 is 0. The molecule has 0 aliphatic carbocycles. The smallest absolute Gasteiger partial charge is 0.494 e. The minimum Gasteiger partial charge on any atom is -0.497 e.